The summed E-state index contributed by atoms with van der Waals surface area (Å²) in [5, 5.41) is 0.643. The van der Waals surface area contributed by atoms with E-state index < -0.39 is 11.7 Å². The molecule has 1 aliphatic heterocycles. The van der Waals surface area contributed by atoms with Crippen LogP contribution < -0.4 is 4.74 Å². The fraction of sp³-hybridized carbons (Fsp3) is 0.227. The Labute approximate surface area is 167 Å². The molecule has 1 aliphatic rings. The molecule has 29 heavy (non-hydrogen) atoms. The first kappa shape index (κ1) is 18.7. The van der Waals surface area contributed by atoms with E-state index in [0.29, 0.717) is 48.5 Å². The van der Waals surface area contributed by atoms with Gasteiger partial charge in [-0.15, -0.1) is 0 Å². The van der Waals surface area contributed by atoms with Crippen LogP contribution in [0.15, 0.2) is 59.0 Å². The highest BCUT2D eigenvalue weighted by atomic mass is 16.5. The predicted octanol–water partition coefficient (Wildman–Crippen LogP) is 2.61. The molecule has 0 saturated carbocycles. The zero-order chi connectivity index (χ0) is 20.4. The fourth-order valence-corrected chi connectivity index (χ4v) is 3.45. The number of hydrogen-bond acceptors (Lipinski definition) is 5. The van der Waals surface area contributed by atoms with E-state index in [9.17, 15) is 14.4 Å². The van der Waals surface area contributed by atoms with Gasteiger partial charge in [-0.25, -0.2) is 0 Å². The highest BCUT2D eigenvalue weighted by Gasteiger charge is 2.30. The van der Waals surface area contributed by atoms with E-state index in [1.165, 1.54) is 18.1 Å². The van der Waals surface area contributed by atoms with Gasteiger partial charge in [0.2, 0.25) is 0 Å². The van der Waals surface area contributed by atoms with Crippen LogP contribution in [-0.4, -0.2) is 60.7 Å². The molecular formula is C22H20N2O5. The van der Waals surface area contributed by atoms with Crippen molar-refractivity contribution in [2.24, 2.45) is 0 Å². The Kier molecular flexibility index (Phi) is 5.03. The summed E-state index contributed by atoms with van der Waals surface area (Å²) in [4.78, 5) is 41.0. The van der Waals surface area contributed by atoms with Gasteiger partial charge in [-0.3, -0.25) is 14.4 Å². The molecule has 0 bridgehead atoms. The molecule has 1 aromatic heterocycles. The van der Waals surface area contributed by atoms with Crippen molar-refractivity contribution in [1.29, 1.82) is 0 Å². The van der Waals surface area contributed by atoms with Gasteiger partial charge in [0.15, 0.2) is 5.76 Å². The largest absolute Gasteiger partial charge is 0.496 e. The normalized spacial score (nSPS) is 14.1. The number of rotatable bonds is 4. The minimum Gasteiger partial charge on any atom is -0.496 e. The Balaban J connectivity index is 1.43. The average molecular weight is 392 g/mol. The lowest BCUT2D eigenvalue weighted by molar-refractivity contribution is -0.127. The number of ketones is 1. The Morgan fingerprint density at radius 3 is 2.28 bits per heavy atom. The molecule has 0 radical (unpaired) electrons. The SMILES string of the molecule is COc1cccc2oc(C(=O)C(=O)N3CCN(C(=O)c4ccccc4)CC3)cc12. The van der Waals surface area contributed by atoms with Gasteiger partial charge in [0.1, 0.15) is 11.3 Å². The van der Waals surface area contributed by atoms with Gasteiger partial charge in [0.05, 0.1) is 12.5 Å². The van der Waals surface area contributed by atoms with Gasteiger partial charge in [-0.1, -0.05) is 24.3 Å². The van der Waals surface area contributed by atoms with Crippen LogP contribution >= 0.6 is 0 Å². The van der Waals surface area contributed by atoms with E-state index in [-0.39, 0.29) is 11.7 Å². The third-order valence-corrected chi connectivity index (χ3v) is 5.03. The van der Waals surface area contributed by atoms with Crippen molar-refractivity contribution in [3.05, 3.63) is 65.9 Å². The van der Waals surface area contributed by atoms with Crippen LogP contribution in [0.3, 0.4) is 0 Å². The van der Waals surface area contributed by atoms with Crippen LogP contribution in [0.1, 0.15) is 20.9 Å². The Morgan fingerprint density at radius 1 is 0.897 bits per heavy atom. The number of hydrogen-bond donors (Lipinski definition) is 0. The Bertz CT molecular complexity index is 1070. The number of nitrogens with zero attached hydrogens (tertiary/aromatic N) is 2. The number of benzene rings is 2. The van der Waals surface area contributed by atoms with Crippen LogP contribution in [0.5, 0.6) is 5.75 Å². The van der Waals surface area contributed by atoms with Crippen molar-refractivity contribution in [3.63, 3.8) is 0 Å². The van der Waals surface area contributed by atoms with Gasteiger partial charge >= 0.3 is 0 Å². The van der Waals surface area contributed by atoms with Crippen molar-refractivity contribution in [3.8, 4) is 5.75 Å². The zero-order valence-electron chi connectivity index (χ0n) is 16.0. The van der Waals surface area contributed by atoms with Crippen LogP contribution in [0.4, 0.5) is 0 Å². The standard InChI is InChI=1S/C22H20N2O5/c1-28-17-8-5-9-18-16(17)14-19(29-18)20(25)22(27)24-12-10-23(11-13-24)21(26)15-6-3-2-4-7-15/h2-9,14H,10-13H2,1H3. The summed E-state index contributed by atoms with van der Waals surface area (Å²) in [6, 6.07) is 15.8. The summed E-state index contributed by atoms with van der Waals surface area (Å²) in [5.41, 5.74) is 1.10. The number of Topliss-reactive ketones (excluding diaryl/α,β-unsaturated/α-hetero) is 1. The summed E-state index contributed by atoms with van der Waals surface area (Å²) in [6.45, 7) is 1.35. The molecule has 1 fully saturated rings. The van der Waals surface area contributed by atoms with Crippen molar-refractivity contribution < 1.29 is 23.5 Å². The minimum atomic E-state index is -0.703. The second kappa shape index (κ2) is 7.79. The molecule has 1 saturated heterocycles. The third-order valence-electron chi connectivity index (χ3n) is 5.03. The lowest BCUT2D eigenvalue weighted by Gasteiger charge is -2.34. The van der Waals surface area contributed by atoms with Gasteiger partial charge in [0, 0.05) is 31.7 Å². The first-order valence-electron chi connectivity index (χ1n) is 9.33. The van der Waals surface area contributed by atoms with Crippen molar-refractivity contribution >= 4 is 28.6 Å². The maximum atomic E-state index is 12.7. The van der Waals surface area contributed by atoms with Gasteiger partial charge in [-0.05, 0) is 30.3 Å². The quantitative estimate of drug-likeness (QED) is 0.504. The van der Waals surface area contributed by atoms with E-state index in [1.807, 2.05) is 18.2 Å². The Hall–Kier alpha value is -3.61. The summed E-state index contributed by atoms with van der Waals surface area (Å²) >= 11 is 0. The molecule has 0 aliphatic carbocycles. The van der Waals surface area contributed by atoms with Crippen LogP contribution in [0.2, 0.25) is 0 Å². The molecule has 0 unspecified atom stereocenters. The number of fused-ring (bicyclic) bond motifs is 1. The summed E-state index contributed by atoms with van der Waals surface area (Å²) < 4.78 is 10.8. The van der Waals surface area contributed by atoms with Crippen LogP contribution in [0.25, 0.3) is 11.0 Å². The van der Waals surface area contributed by atoms with Crippen molar-refractivity contribution in [2.75, 3.05) is 33.3 Å². The summed E-state index contributed by atoms with van der Waals surface area (Å²) in [5.74, 6) is -0.850. The monoisotopic (exact) mass is 392 g/mol. The predicted molar refractivity (Wildman–Crippen MR) is 106 cm³/mol. The second-order valence-corrected chi connectivity index (χ2v) is 6.76. The molecule has 0 N–H and O–H groups in total. The van der Waals surface area contributed by atoms with Crippen molar-refractivity contribution in [1.82, 2.24) is 9.80 Å². The first-order valence-corrected chi connectivity index (χ1v) is 9.33. The molecule has 148 valence electrons. The Morgan fingerprint density at radius 2 is 1.59 bits per heavy atom. The zero-order valence-corrected chi connectivity index (χ0v) is 16.0. The highest BCUT2D eigenvalue weighted by Crippen LogP contribution is 2.28. The molecule has 7 nitrogen and oxygen atoms in total. The van der Waals surface area contributed by atoms with E-state index >= 15 is 0 Å². The molecule has 7 heteroatoms. The fourth-order valence-electron chi connectivity index (χ4n) is 3.45. The number of methoxy groups -OCH3 is 1. The van der Waals surface area contributed by atoms with E-state index in [0.717, 1.165) is 0 Å². The maximum absolute atomic E-state index is 12.7. The molecule has 2 heterocycles. The van der Waals surface area contributed by atoms with Gasteiger partial charge in [-0.2, -0.15) is 0 Å². The lowest BCUT2D eigenvalue weighted by atomic mass is 10.1. The number of amides is 2. The molecule has 0 atom stereocenters. The van der Waals surface area contributed by atoms with E-state index in [1.54, 1.807) is 35.2 Å². The average Bonchev–Trinajstić information content (AvgIpc) is 3.23. The second-order valence-electron chi connectivity index (χ2n) is 6.76. The number of carbonyl (C=O) groups excluding carboxylic acids is 3. The summed E-state index contributed by atoms with van der Waals surface area (Å²) in [7, 11) is 1.53. The first-order chi connectivity index (χ1) is 14.1. The number of ether oxygens (including phenoxy) is 1. The van der Waals surface area contributed by atoms with E-state index in [4.69, 9.17) is 9.15 Å². The number of piperazine rings is 1. The molecule has 4 rings (SSSR count). The molecule has 2 amide bonds. The minimum absolute atomic E-state index is 0.0164. The smallest absolute Gasteiger partial charge is 0.298 e. The molecular weight excluding hydrogens is 372 g/mol. The lowest BCUT2D eigenvalue weighted by Crippen LogP contribution is -2.52. The van der Waals surface area contributed by atoms with Crippen LogP contribution in [0, 0.1) is 0 Å². The van der Waals surface area contributed by atoms with Gasteiger partial charge < -0.3 is 19.0 Å². The van der Waals surface area contributed by atoms with E-state index in [2.05, 4.69) is 0 Å². The summed E-state index contributed by atoms with van der Waals surface area (Å²) in [6.07, 6.45) is 0. The topological polar surface area (TPSA) is 80.1 Å². The molecule has 3 aromatic rings. The van der Waals surface area contributed by atoms with Gasteiger partial charge in [0.25, 0.3) is 17.6 Å². The van der Waals surface area contributed by atoms with Crippen LogP contribution in [-0.2, 0) is 4.79 Å². The highest BCUT2D eigenvalue weighted by molar-refractivity contribution is 6.42. The number of carbonyl (C=O) groups is 3. The molecule has 2 aromatic carbocycles. The van der Waals surface area contributed by atoms with Crippen molar-refractivity contribution in [2.45, 2.75) is 0 Å². The molecule has 0 spiro atoms. The third kappa shape index (κ3) is 3.59. The maximum Gasteiger partial charge on any atom is 0.298 e. The number of furan rings is 1.